The Morgan fingerprint density at radius 2 is 1.88 bits per heavy atom. The summed E-state index contributed by atoms with van der Waals surface area (Å²) in [7, 11) is 0. The van der Waals surface area contributed by atoms with Crippen molar-refractivity contribution in [3.8, 4) is 5.75 Å². The van der Waals surface area contributed by atoms with Gasteiger partial charge in [0.25, 0.3) is 5.91 Å². The molecule has 0 atom stereocenters. The maximum atomic E-state index is 12.9. The normalized spacial score (nSPS) is 10.5. The van der Waals surface area contributed by atoms with Gasteiger partial charge in [-0.15, -0.1) is 0 Å². The summed E-state index contributed by atoms with van der Waals surface area (Å²) in [6, 6.07) is 17.3. The predicted molar refractivity (Wildman–Crippen MR) is 91.8 cm³/mol. The van der Waals surface area contributed by atoms with E-state index >= 15 is 0 Å². The zero-order valence-corrected chi connectivity index (χ0v) is 13.6. The van der Waals surface area contributed by atoms with Crippen LogP contribution in [0.15, 0.2) is 71.3 Å². The molecule has 0 radical (unpaired) electrons. The van der Waals surface area contributed by atoms with Crippen molar-refractivity contribution in [1.29, 1.82) is 0 Å². The molecule has 0 aliphatic heterocycles. The highest BCUT2D eigenvalue weighted by atomic mass is 35.5. The number of carbonyl (C=O) groups excluding carboxylic acids is 1. The maximum Gasteiger partial charge on any atom is 0.254 e. The molecular weight excluding hydrogens is 326 g/mol. The molecule has 1 N–H and O–H groups in total. The molecule has 122 valence electrons. The number of furan rings is 1. The maximum absolute atomic E-state index is 12.9. The van der Waals surface area contributed by atoms with E-state index in [4.69, 9.17) is 16.0 Å². The first-order valence-corrected chi connectivity index (χ1v) is 7.85. The minimum atomic E-state index is -0.183. The van der Waals surface area contributed by atoms with Crippen LogP contribution in [0.1, 0.15) is 21.7 Å². The van der Waals surface area contributed by atoms with Gasteiger partial charge in [0.1, 0.15) is 11.5 Å². The summed E-state index contributed by atoms with van der Waals surface area (Å²) in [5.74, 6) is 0.638. The summed E-state index contributed by atoms with van der Waals surface area (Å²) >= 11 is 5.99. The number of hydrogen-bond donors (Lipinski definition) is 1. The summed E-state index contributed by atoms with van der Waals surface area (Å²) in [5.41, 5.74) is 1.16. The number of phenolic OH excluding ortho intramolecular Hbond substituents is 1. The Morgan fingerprint density at radius 3 is 2.58 bits per heavy atom. The van der Waals surface area contributed by atoms with Crippen LogP contribution in [0.5, 0.6) is 5.75 Å². The van der Waals surface area contributed by atoms with Crippen molar-refractivity contribution in [2.24, 2.45) is 0 Å². The topological polar surface area (TPSA) is 53.7 Å². The first-order valence-electron chi connectivity index (χ1n) is 7.47. The van der Waals surface area contributed by atoms with Crippen LogP contribution in [0.4, 0.5) is 0 Å². The van der Waals surface area contributed by atoms with Crippen molar-refractivity contribution in [3.63, 3.8) is 0 Å². The summed E-state index contributed by atoms with van der Waals surface area (Å²) in [5, 5.41) is 10.5. The van der Waals surface area contributed by atoms with E-state index in [1.807, 2.05) is 12.1 Å². The molecule has 0 unspecified atom stereocenters. The van der Waals surface area contributed by atoms with Gasteiger partial charge in [-0.2, -0.15) is 0 Å². The Morgan fingerprint density at radius 1 is 1.04 bits per heavy atom. The molecule has 0 bridgehead atoms. The van der Waals surface area contributed by atoms with Gasteiger partial charge < -0.3 is 14.4 Å². The van der Waals surface area contributed by atoms with E-state index in [2.05, 4.69) is 0 Å². The minimum absolute atomic E-state index is 0.154. The van der Waals surface area contributed by atoms with Gasteiger partial charge in [-0.25, -0.2) is 0 Å². The molecule has 0 spiro atoms. The fourth-order valence-electron chi connectivity index (χ4n) is 2.44. The largest absolute Gasteiger partial charge is 0.508 e. The Kier molecular flexibility index (Phi) is 4.87. The zero-order valence-electron chi connectivity index (χ0n) is 12.9. The van der Waals surface area contributed by atoms with E-state index in [9.17, 15) is 9.90 Å². The van der Waals surface area contributed by atoms with Gasteiger partial charge in [0.15, 0.2) is 0 Å². The molecule has 4 nitrogen and oxygen atoms in total. The van der Waals surface area contributed by atoms with Crippen LogP contribution in [0.25, 0.3) is 0 Å². The van der Waals surface area contributed by atoms with Crippen LogP contribution in [0.2, 0.25) is 5.02 Å². The molecule has 24 heavy (non-hydrogen) atoms. The average molecular weight is 342 g/mol. The SMILES string of the molecule is O=C(c1cccc(Cl)c1)N(Cc1ccco1)Cc1ccccc1O. The monoisotopic (exact) mass is 341 g/mol. The molecule has 0 aliphatic carbocycles. The average Bonchev–Trinajstić information content (AvgIpc) is 3.08. The first kappa shape index (κ1) is 16.1. The molecular formula is C19H16ClNO3. The highest BCUT2D eigenvalue weighted by Gasteiger charge is 2.19. The predicted octanol–water partition coefficient (Wildman–Crippen LogP) is 4.48. The number of aromatic hydroxyl groups is 1. The summed E-state index contributed by atoms with van der Waals surface area (Å²) < 4.78 is 5.36. The van der Waals surface area contributed by atoms with Crippen molar-refractivity contribution >= 4 is 17.5 Å². The second-order valence-electron chi connectivity index (χ2n) is 5.38. The molecule has 0 aliphatic rings. The van der Waals surface area contributed by atoms with Crippen LogP contribution >= 0.6 is 11.6 Å². The fourth-order valence-corrected chi connectivity index (χ4v) is 2.63. The second-order valence-corrected chi connectivity index (χ2v) is 5.82. The Bertz CT molecular complexity index is 830. The number of amides is 1. The number of benzene rings is 2. The van der Waals surface area contributed by atoms with E-state index in [0.29, 0.717) is 28.5 Å². The summed E-state index contributed by atoms with van der Waals surface area (Å²) in [6.45, 7) is 0.561. The standard InChI is InChI=1S/C19H16ClNO3/c20-16-7-3-6-14(11-16)19(23)21(13-17-8-4-10-24-17)12-15-5-1-2-9-18(15)22/h1-11,22H,12-13H2. The van der Waals surface area contributed by atoms with Gasteiger partial charge in [0.2, 0.25) is 0 Å². The van der Waals surface area contributed by atoms with Crippen LogP contribution in [0, 0.1) is 0 Å². The van der Waals surface area contributed by atoms with E-state index in [-0.39, 0.29) is 18.2 Å². The van der Waals surface area contributed by atoms with Gasteiger partial charge in [0.05, 0.1) is 19.4 Å². The van der Waals surface area contributed by atoms with Crippen LogP contribution in [-0.4, -0.2) is 15.9 Å². The van der Waals surface area contributed by atoms with E-state index < -0.39 is 0 Å². The lowest BCUT2D eigenvalue weighted by molar-refractivity contribution is 0.0716. The quantitative estimate of drug-likeness (QED) is 0.744. The number of halogens is 1. The highest BCUT2D eigenvalue weighted by molar-refractivity contribution is 6.30. The molecule has 1 amide bonds. The van der Waals surface area contributed by atoms with E-state index in [1.165, 1.54) is 0 Å². The number of rotatable bonds is 5. The number of hydrogen-bond acceptors (Lipinski definition) is 3. The van der Waals surface area contributed by atoms with Gasteiger partial charge in [-0.05, 0) is 36.4 Å². The van der Waals surface area contributed by atoms with Crippen molar-refractivity contribution in [1.82, 2.24) is 4.90 Å². The zero-order chi connectivity index (χ0) is 16.9. The highest BCUT2D eigenvalue weighted by Crippen LogP contribution is 2.21. The molecule has 0 saturated heterocycles. The van der Waals surface area contributed by atoms with Crippen molar-refractivity contribution in [3.05, 3.63) is 88.8 Å². The molecule has 3 aromatic rings. The van der Waals surface area contributed by atoms with Gasteiger partial charge in [-0.1, -0.05) is 35.9 Å². The lowest BCUT2D eigenvalue weighted by atomic mass is 10.1. The van der Waals surface area contributed by atoms with Gasteiger partial charge in [0, 0.05) is 16.1 Å². The van der Waals surface area contributed by atoms with Gasteiger partial charge in [-0.3, -0.25) is 4.79 Å². The fraction of sp³-hybridized carbons (Fsp3) is 0.105. The molecule has 1 heterocycles. The van der Waals surface area contributed by atoms with Crippen LogP contribution in [0.3, 0.4) is 0 Å². The number of nitrogens with zero attached hydrogens (tertiary/aromatic N) is 1. The third-order valence-corrected chi connectivity index (χ3v) is 3.87. The Balaban J connectivity index is 1.89. The van der Waals surface area contributed by atoms with E-state index in [0.717, 1.165) is 0 Å². The van der Waals surface area contributed by atoms with Crippen LogP contribution in [-0.2, 0) is 13.1 Å². The number of para-hydroxylation sites is 1. The Hall–Kier alpha value is -2.72. The van der Waals surface area contributed by atoms with Gasteiger partial charge >= 0.3 is 0 Å². The van der Waals surface area contributed by atoms with Crippen molar-refractivity contribution in [2.75, 3.05) is 0 Å². The lowest BCUT2D eigenvalue weighted by Crippen LogP contribution is -2.30. The molecule has 0 saturated carbocycles. The van der Waals surface area contributed by atoms with E-state index in [1.54, 1.807) is 59.7 Å². The molecule has 0 fully saturated rings. The summed E-state index contributed by atoms with van der Waals surface area (Å²) in [4.78, 5) is 14.5. The molecule has 5 heteroatoms. The first-order chi connectivity index (χ1) is 11.6. The minimum Gasteiger partial charge on any atom is -0.508 e. The third-order valence-electron chi connectivity index (χ3n) is 3.64. The number of phenols is 1. The van der Waals surface area contributed by atoms with Crippen molar-refractivity contribution < 1.29 is 14.3 Å². The number of carbonyl (C=O) groups is 1. The van der Waals surface area contributed by atoms with Crippen LogP contribution < -0.4 is 0 Å². The smallest absolute Gasteiger partial charge is 0.254 e. The third kappa shape index (κ3) is 3.78. The lowest BCUT2D eigenvalue weighted by Gasteiger charge is -2.22. The summed E-state index contributed by atoms with van der Waals surface area (Å²) in [6.07, 6.45) is 1.57. The molecule has 2 aromatic carbocycles. The van der Waals surface area contributed by atoms with Crippen molar-refractivity contribution in [2.45, 2.75) is 13.1 Å². The second kappa shape index (κ2) is 7.23. The Labute approximate surface area is 144 Å². The molecule has 3 rings (SSSR count). The molecule has 1 aromatic heterocycles.